The minimum atomic E-state index is -0.370. The fraction of sp³-hybridized carbons (Fsp3) is 0.357. The fourth-order valence-electron chi connectivity index (χ4n) is 6.01. The van der Waals surface area contributed by atoms with E-state index in [0.717, 1.165) is 84.1 Å². The molecule has 3 aromatic carbocycles. The van der Waals surface area contributed by atoms with Crippen molar-refractivity contribution in [3.8, 4) is 5.88 Å². The molecule has 1 atom stereocenters. The maximum Gasteiger partial charge on any atom is 0.213 e. The van der Waals surface area contributed by atoms with Gasteiger partial charge >= 0.3 is 0 Å². The molecule has 2 aromatic heterocycles. The number of likely N-dealkylation sites (tertiary alicyclic amines) is 1. The van der Waals surface area contributed by atoms with Gasteiger partial charge in [0.05, 0.1) is 23.7 Å². The number of hydrogen-bond donors (Lipinski definition) is 3. The number of imidazole rings is 1. The predicted octanol–water partition coefficient (Wildman–Crippen LogP) is 10.00. The van der Waals surface area contributed by atoms with Crippen molar-refractivity contribution in [2.45, 2.75) is 65.2 Å². The quantitative estimate of drug-likeness (QED) is 0.0958. The number of nitrogens with zero attached hydrogens (tertiary/aromatic N) is 3. The number of aromatic amines is 1. The lowest BCUT2D eigenvalue weighted by molar-refractivity contribution is -0.105. The average molecular weight is 778 g/mol. The van der Waals surface area contributed by atoms with Crippen molar-refractivity contribution in [2.75, 3.05) is 43.8 Å². The van der Waals surface area contributed by atoms with Crippen LogP contribution in [0.25, 0.3) is 16.6 Å². The third-order valence-electron chi connectivity index (χ3n) is 9.10. The summed E-state index contributed by atoms with van der Waals surface area (Å²) in [4.78, 5) is 25.6. The summed E-state index contributed by atoms with van der Waals surface area (Å²) < 4.78 is 24.7. The van der Waals surface area contributed by atoms with Crippen LogP contribution in [-0.2, 0) is 22.7 Å². The van der Waals surface area contributed by atoms with E-state index in [1.165, 1.54) is 24.4 Å². The second-order valence-electron chi connectivity index (χ2n) is 13.2. The highest BCUT2D eigenvalue weighted by atomic mass is 35.5. The molecule has 0 saturated carbocycles. The summed E-state index contributed by atoms with van der Waals surface area (Å²) in [6.07, 6.45) is 6.02. The van der Waals surface area contributed by atoms with E-state index < -0.39 is 0 Å². The van der Waals surface area contributed by atoms with E-state index in [-0.39, 0.29) is 12.4 Å². The van der Waals surface area contributed by atoms with Crippen LogP contribution in [0.15, 0.2) is 79.4 Å². The van der Waals surface area contributed by atoms with Gasteiger partial charge in [0.25, 0.3) is 0 Å². The van der Waals surface area contributed by atoms with Crippen molar-refractivity contribution in [2.24, 2.45) is 0 Å². The first-order chi connectivity index (χ1) is 26.1. The number of aryl methyl sites for hydroxylation is 1. The number of amides is 1. The van der Waals surface area contributed by atoms with E-state index in [1.807, 2.05) is 44.3 Å². The number of benzene rings is 3. The molecular weight excluding hydrogens is 726 g/mol. The minimum absolute atomic E-state index is 0.120. The summed E-state index contributed by atoms with van der Waals surface area (Å²) in [5.41, 5.74) is 8.60. The lowest BCUT2D eigenvalue weighted by Crippen LogP contribution is -2.33. The van der Waals surface area contributed by atoms with Gasteiger partial charge in [-0.3, -0.25) is 9.69 Å². The number of H-pyrrole nitrogens is 1. The summed E-state index contributed by atoms with van der Waals surface area (Å²) in [7, 11) is 1.86. The average Bonchev–Trinajstić information content (AvgIpc) is 3.56. The normalized spacial score (nSPS) is 15.2. The van der Waals surface area contributed by atoms with E-state index >= 15 is 0 Å². The Labute approximate surface area is 328 Å². The second kappa shape index (κ2) is 21.4. The zero-order valence-corrected chi connectivity index (χ0v) is 33.2. The Morgan fingerprint density at radius 3 is 2.44 bits per heavy atom. The molecule has 0 radical (unpaired) electrons. The van der Waals surface area contributed by atoms with Crippen molar-refractivity contribution in [3.05, 3.63) is 118 Å². The number of nitrogens with one attached hydrogen (secondary N) is 3. The smallest absolute Gasteiger partial charge is 0.213 e. The van der Waals surface area contributed by atoms with Gasteiger partial charge in [-0.2, -0.15) is 0 Å². The number of piperidine rings is 1. The Kier molecular flexibility index (Phi) is 16.8. The maximum atomic E-state index is 14.0. The number of aromatic nitrogens is 3. The minimum Gasteiger partial charge on any atom is -0.473 e. The van der Waals surface area contributed by atoms with Crippen LogP contribution < -0.4 is 15.4 Å². The number of ether oxygens (including phenoxy) is 2. The zero-order chi connectivity index (χ0) is 39.0. The molecule has 0 unspecified atom stereocenters. The van der Waals surface area contributed by atoms with Gasteiger partial charge in [-0.1, -0.05) is 36.4 Å². The SMILES string of the molecule is C=C(C)c1cc(NC=O)ccc1NC.CCl.C[C@@H]1CCO1.Cc1ccc2nc(CN3CCC(c4cccc(OCc5ccc(Cl)cc5F)n4)CC3)[nH]c2c1. The van der Waals surface area contributed by atoms with Gasteiger partial charge in [0.15, 0.2) is 0 Å². The molecule has 1 amide bonds. The van der Waals surface area contributed by atoms with E-state index in [2.05, 4.69) is 76.8 Å². The van der Waals surface area contributed by atoms with E-state index in [1.54, 1.807) is 12.1 Å². The first kappa shape index (κ1) is 42.3. The van der Waals surface area contributed by atoms with Gasteiger partial charge in [-0.05, 0) is 113 Å². The standard InChI is InChI=1S/C26H26ClFN4O.C11H14N2O.C4H8O.CH3Cl/c1-17-5-8-23-24(13-17)30-25(29-23)15-32-11-9-18(10-12-32)22-3-2-4-26(31-22)33-16-19-6-7-20(27)14-21(19)28;1-8(2)10-6-9(13-7-14)4-5-11(10)12-3;1-4-2-3-5-4;1-2/h2-8,13-14,18H,9-12,15-16H2,1H3,(H,29,30);4-7,12H,1H2,2-3H3,(H,13,14);4H,2-3H2,1H3;1H3/t;;4-;/m..1./s1. The Hall–Kier alpha value is -4.48. The Bertz CT molecular complexity index is 1960. The van der Waals surface area contributed by atoms with Crippen LogP contribution in [0.2, 0.25) is 5.02 Å². The van der Waals surface area contributed by atoms with E-state index in [9.17, 15) is 9.18 Å². The molecule has 2 aliphatic rings. The van der Waals surface area contributed by atoms with Gasteiger partial charge in [-0.25, -0.2) is 14.4 Å². The summed E-state index contributed by atoms with van der Waals surface area (Å²) >= 11 is 10.5. The molecule has 0 spiro atoms. The van der Waals surface area contributed by atoms with Crippen LogP contribution in [0.3, 0.4) is 0 Å². The van der Waals surface area contributed by atoms with Gasteiger partial charge in [0.1, 0.15) is 18.2 Å². The molecule has 12 heteroatoms. The summed E-state index contributed by atoms with van der Waals surface area (Å²) in [5, 5.41) is 6.05. The van der Waals surface area contributed by atoms with Crippen LogP contribution in [0.1, 0.15) is 67.2 Å². The largest absolute Gasteiger partial charge is 0.473 e. The molecule has 9 nitrogen and oxygen atoms in total. The molecular formula is C42H51Cl2FN6O3. The van der Waals surface area contributed by atoms with Crippen molar-refractivity contribution < 1.29 is 18.7 Å². The first-order valence-electron chi connectivity index (χ1n) is 18.0. The highest BCUT2D eigenvalue weighted by molar-refractivity contribution is 6.30. The van der Waals surface area contributed by atoms with Crippen molar-refractivity contribution >= 4 is 57.6 Å². The van der Waals surface area contributed by atoms with Gasteiger partial charge in [0, 0.05) is 65.2 Å². The Morgan fingerprint density at radius 1 is 1.07 bits per heavy atom. The zero-order valence-electron chi connectivity index (χ0n) is 31.7. The summed E-state index contributed by atoms with van der Waals surface area (Å²) in [6.45, 7) is 13.9. The monoisotopic (exact) mass is 776 g/mol. The molecule has 288 valence electrons. The molecule has 0 bridgehead atoms. The number of carbonyl (C=O) groups is 1. The summed E-state index contributed by atoms with van der Waals surface area (Å²) in [5.74, 6) is 1.54. The Morgan fingerprint density at radius 2 is 1.81 bits per heavy atom. The van der Waals surface area contributed by atoms with Gasteiger partial charge in [-0.15, -0.1) is 11.6 Å². The topological polar surface area (TPSA) is 104 Å². The van der Waals surface area contributed by atoms with Crippen molar-refractivity contribution in [3.63, 3.8) is 0 Å². The lowest BCUT2D eigenvalue weighted by Gasteiger charge is -2.31. The van der Waals surface area contributed by atoms with E-state index in [4.69, 9.17) is 31.0 Å². The predicted molar refractivity (Wildman–Crippen MR) is 220 cm³/mol. The molecule has 4 heterocycles. The molecule has 2 saturated heterocycles. The van der Waals surface area contributed by atoms with Gasteiger partial charge < -0.3 is 25.1 Å². The van der Waals surface area contributed by atoms with Crippen LogP contribution in [0.4, 0.5) is 15.8 Å². The molecule has 2 fully saturated rings. The van der Waals surface area contributed by atoms with Crippen LogP contribution >= 0.6 is 23.2 Å². The van der Waals surface area contributed by atoms with Crippen molar-refractivity contribution in [1.29, 1.82) is 0 Å². The summed E-state index contributed by atoms with van der Waals surface area (Å²) in [6, 6.07) is 22.4. The number of carbonyl (C=O) groups excluding carboxylic acids is 1. The number of halogens is 3. The lowest BCUT2D eigenvalue weighted by atomic mass is 9.93. The first-order valence-corrected chi connectivity index (χ1v) is 19.1. The van der Waals surface area contributed by atoms with E-state index in [0.29, 0.717) is 34.9 Å². The van der Waals surface area contributed by atoms with Crippen molar-refractivity contribution in [1.82, 2.24) is 19.9 Å². The number of pyridine rings is 1. The molecule has 54 heavy (non-hydrogen) atoms. The molecule has 5 aromatic rings. The van der Waals surface area contributed by atoms with Gasteiger partial charge in [0.2, 0.25) is 12.3 Å². The molecule has 3 N–H and O–H groups in total. The number of fused-ring (bicyclic) bond motifs is 1. The third kappa shape index (κ3) is 12.6. The second-order valence-corrected chi connectivity index (χ2v) is 13.6. The number of anilines is 2. The number of hydrogen-bond acceptors (Lipinski definition) is 7. The fourth-order valence-corrected chi connectivity index (χ4v) is 6.16. The van der Waals surface area contributed by atoms with Crippen LogP contribution in [0, 0.1) is 12.7 Å². The van der Waals surface area contributed by atoms with Crippen LogP contribution in [0.5, 0.6) is 5.88 Å². The molecule has 7 rings (SSSR count). The molecule has 0 aliphatic carbocycles. The molecule has 2 aliphatic heterocycles. The van der Waals surface area contributed by atoms with Crippen LogP contribution in [-0.4, -0.2) is 65.5 Å². The number of allylic oxidation sites excluding steroid dienone is 1. The number of rotatable bonds is 10. The highest BCUT2D eigenvalue weighted by Crippen LogP contribution is 2.29. The Balaban J connectivity index is 0.000000255. The highest BCUT2D eigenvalue weighted by Gasteiger charge is 2.23. The maximum absolute atomic E-state index is 14.0. The third-order valence-corrected chi connectivity index (χ3v) is 9.34. The number of alkyl halides is 1.